The van der Waals surface area contributed by atoms with E-state index >= 15 is 0 Å². The van der Waals surface area contributed by atoms with Gasteiger partial charge in [-0.3, -0.25) is 9.69 Å². The van der Waals surface area contributed by atoms with Crippen LogP contribution in [0.15, 0.2) is 29.8 Å². The molecule has 0 aliphatic heterocycles. The van der Waals surface area contributed by atoms with Gasteiger partial charge in [0.1, 0.15) is 0 Å². The van der Waals surface area contributed by atoms with Crippen molar-refractivity contribution in [1.29, 1.82) is 0 Å². The number of benzene rings is 1. The van der Waals surface area contributed by atoms with E-state index in [1.165, 1.54) is 5.56 Å². The number of aryl methyl sites for hydroxylation is 1. The third-order valence-electron chi connectivity index (χ3n) is 4.03. The third kappa shape index (κ3) is 2.25. The summed E-state index contributed by atoms with van der Waals surface area (Å²) >= 11 is 0. The summed E-state index contributed by atoms with van der Waals surface area (Å²) in [5, 5.41) is 0. The maximum atomic E-state index is 12.4. The van der Waals surface area contributed by atoms with Crippen molar-refractivity contribution in [3.05, 3.63) is 41.0 Å². The van der Waals surface area contributed by atoms with Gasteiger partial charge in [0.25, 0.3) is 0 Å². The molecule has 2 nitrogen and oxygen atoms in total. The van der Waals surface area contributed by atoms with Crippen LogP contribution in [-0.2, 0) is 4.79 Å². The van der Waals surface area contributed by atoms with Crippen molar-refractivity contribution in [3.63, 3.8) is 0 Å². The maximum absolute atomic E-state index is 12.4. The van der Waals surface area contributed by atoms with Crippen molar-refractivity contribution in [1.82, 2.24) is 4.90 Å². The van der Waals surface area contributed by atoms with E-state index in [-0.39, 0.29) is 11.3 Å². The number of nitrogens with zero attached hydrogens (tertiary/aromatic N) is 1. The maximum Gasteiger partial charge on any atom is 0.178 e. The molecule has 1 saturated carbocycles. The average Bonchev–Trinajstić information content (AvgIpc) is 2.59. The predicted octanol–water partition coefficient (Wildman–Crippen LogP) is 3.06. The Morgan fingerprint density at radius 2 is 2.06 bits per heavy atom. The number of Topliss-reactive ketones (excluding diaryl/α,β-unsaturated/α-hetero) is 1. The summed E-state index contributed by atoms with van der Waals surface area (Å²) in [5.41, 5.74) is 2.98. The molecule has 1 atom stereocenters. The Hall–Kier alpha value is -1.41. The molecule has 2 heteroatoms. The minimum atomic E-state index is -0.324. The summed E-state index contributed by atoms with van der Waals surface area (Å²) in [4.78, 5) is 14.5. The van der Waals surface area contributed by atoms with E-state index in [0.717, 1.165) is 24.0 Å². The van der Waals surface area contributed by atoms with Gasteiger partial charge in [0.05, 0.1) is 5.54 Å². The molecule has 18 heavy (non-hydrogen) atoms. The largest absolute Gasteiger partial charge is 0.297 e. The van der Waals surface area contributed by atoms with E-state index in [1.54, 1.807) is 0 Å². The van der Waals surface area contributed by atoms with Crippen LogP contribution >= 0.6 is 0 Å². The highest BCUT2D eigenvalue weighted by atomic mass is 16.1. The summed E-state index contributed by atoms with van der Waals surface area (Å²) in [6, 6.07) is 8.28. The van der Waals surface area contributed by atoms with Crippen LogP contribution in [0.2, 0.25) is 0 Å². The molecular weight excluding hydrogens is 222 g/mol. The summed E-state index contributed by atoms with van der Waals surface area (Å²) in [6.45, 7) is 4.11. The summed E-state index contributed by atoms with van der Waals surface area (Å²) in [5.74, 6) is 0.272. The van der Waals surface area contributed by atoms with Gasteiger partial charge >= 0.3 is 0 Å². The lowest BCUT2D eigenvalue weighted by molar-refractivity contribution is -0.122. The van der Waals surface area contributed by atoms with Gasteiger partial charge in [-0.15, -0.1) is 0 Å². The fraction of sp³-hybridized carbons (Fsp3) is 0.438. The molecule has 0 radical (unpaired) electrons. The molecule has 0 bridgehead atoms. The third-order valence-corrected chi connectivity index (χ3v) is 4.03. The van der Waals surface area contributed by atoms with E-state index in [0.29, 0.717) is 0 Å². The minimum Gasteiger partial charge on any atom is -0.297 e. The lowest BCUT2D eigenvalue weighted by Crippen LogP contribution is -2.45. The highest BCUT2D eigenvalue weighted by Gasteiger charge is 2.42. The molecule has 1 aromatic carbocycles. The minimum absolute atomic E-state index is 0.272. The lowest BCUT2D eigenvalue weighted by Gasteiger charge is -2.29. The van der Waals surface area contributed by atoms with Gasteiger partial charge < -0.3 is 0 Å². The van der Waals surface area contributed by atoms with Crippen LogP contribution in [0.4, 0.5) is 0 Å². The highest BCUT2D eigenvalue weighted by molar-refractivity contribution is 6.07. The van der Waals surface area contributed by atoms with Gasteiger partial charge in [0.15, 0.2) is 5.78 Å². The van der Waals surface area contributed by atoms with E-state index < -0.39 is 0 Å². The summed E-state index contributed by atoms with van der Waals surface area (Å²) in [7, 11) is 3.96. The molecule has 1 aliphatic carbocycles. The first-order valence-electron chi connectivity index (χ1n) is 6.43. The molecule has 1 fully saturated rings. The van der Waals surface area contributed by atoms with Gasteiger partial charge in [-0.05, 0) is 58.0 Å². The van der Waals surface area contributed by atoms with Crippen molar-refractivity contribution in [2.75, 3.05) is 14.1 Å². The highest BCUT2D eigenvalue weighted by Crippen LogP contribution is 2.34. The second kappa shape index (κ2) is 4.69. The van der Waals surface area contributed by atoms with Gasteiger partial charge in [-0.25, -0.2) is 0 Å². The molecule has 1 aromatic rings. The molecule has 0 aromatic heterocycles. The standard InChI is InChI=1S/C16H21NO/c1-12-6-5-7-13(10-12)11-14-8-9-16(2,15(14)18)17(3)4/h5-7,10-11H,8-9H2,1-4H3. The van der Waals surface area contributed by atoms with Crippen LogP contribution in [0.25, 0.3) is 6.08 Å². The number of hydrogen-bond donors (Lipinski definition) is 0. The quantitative estimate of drug-likeness (QED) is 0.744. The predicted molar refractivity (Wildman–Crippen MR) is 75.5 cm³/mol. The first-order valence-corrected chi connectivity index (χ1v) is 6.43. The number of carbonyl (C=O) groups excluding carboxylic acids is 1. The molecule has 0 amide bonds. The van der Waals surface area contributed by atoms with Gasteiger partial charge in [0, 0.05) is 0 Å². The Labute approximate surface area is 109 Å². The van der Waals surface area contributed by atoms with E-state index in [1.807, 2.05) is 38.1 Å². The molecule has 0 spiro atoms. The molecule has 0 N–H and O–H groups in total. The Morgan fingerprint density at radius 3 is 2.61 bits per heavy atom. The van der Waals surface area contributed by atoms with Crippen molar-refractivity contribution in [2.45, 2.75) is 32.2 Å². The molecule has 0 saturated heterocycles. The Bertz CT molecular complexity index is 502. The van der Waals surface area contributed by atoms with E-state index in [2.05, 4.69) is 25.1 Å². The average molecular weight is 243 g/mol. The van der Waals surface area contributed by atoms with Crippen molar-refractivity contribution < 1.29 is 4.79 Å². The number of carbonyl (C=O) groups is 1. The molecule has 0 heterocycles. The number of likely N-dealkylation sites (N-methyl/N-ethyl adjacent to an activating group) is 1. The van der Waals surface area contributed by atoms with Crippen molar-refractivity contribution in [3.8, 4) is 0 Å². The Kier molecular flexibility index (Phi) is 3.40. The summed E-state index contributed by atoms with van der Waals surface area (Å²) < 4.78 is 0. The van der Waals surface area contributed by atoms with Crippen molar-refractivity contribution >= 4 is 11.9 Å². The zero-order valence-electron chi connectivity index (χ0n) is 11.7. The van der Waals surface area contributed by atoms with E-state index in [4.69, 9.17) is 0 Å². The molecule has 96 valence electrons. The number of rotatable bonds is 2. The molecular formula is C16H21NO. The normalized spacial score (nSPS) is 26.3. The van der Waals surface area contributed by atoms with Crippen LogP contribution in [0.5, 0.6) is 0 Å². The van der Waals surface area contributed by atoms with Crippen LogP contribution < -0.4 is 0 Å². The fourth-order valence-electron chi connectivity index (χ4n) is 2.48. The lowest BCUT2D eigenvalue weighted by atomic mass is 9.96. The second-order valence-corrected chi connectivity index (χ2v) is 5.58. The van der Waals surface area contributed by atoms with Crippen LogP contribution in [0.3, 0.4) is 0 Å². The number of ketones is 1. The topological polar surface area (TPSA) is 20.3 Å². The first-order chi connectivity index (χ1) is 8.43. The zero-order valence-corrected chi connectivity index (χ0v) is 11.7. The number of hydrogen-bond acceptors (Lipinski definition) is 2. The van der Waals surface area contributed by atoms with Gasteiger partial charge in [0.2, 0.25) is 0 Å². The first kappa shape index (κ1) is 13.0. The van der Waals surface area contributed by atoms with E-state index in [9.17, 15) is 4.79 Å². The van der Waals surface area contributed by atoms with Crippen LogP contribution in [0, 0.1) is 6.92 Å². The van der Waals surface area contributed by atoms with Crippen LogP contribution in [-0.4, -0.2) is 30.3 Å². The smallest absolute Gasteiger partial charge is 0.178 e. The molecule has 1 unspecified atom stereocenters. The fourth-order valence-corrected chi connectivity index (χ4v) is 2.48. The zero-order chi connectivity index (χ0) is 13.3. The molecule has 1 aliphatic rings. The molecule has 2 rings (SSSR count). The Balaban J connectivity index is 2.29. The van der Waals surface area contributed by atoms with Gasteiger partial charge in [-0.2, -0.15) is 0 Å². The monoisotopic (exact) mass is 243 g/mol. The SMILES string of the molecule is Cc1cccc(C=C2CCC(C)(N(C)C)C2=O)c1. The summed E-state index contributed by atoms with van der Waals surface area (Å²) in [6.07, 6.45) is 3.84. The van der Waals surface area contributed by atoms with Gasteiger partial charge in [-0.1, -0.05) is 29.8 Å². The van der Waals surface area contributed by atoms with Crippen molar-refractivity contribution in [2.24, 2.45) is 0 Å². The second-order valence-electron chi connectivity index (χ2n) is 5.58. The Morgan fingerprint density at radius 1 is 1.33 bits per heavy atom. The van der Waals surface area contributed by atoms with Crippen LogP contribution in [0.1, 0.15) is 30.9 Å².